The number of anilines is 1. The molecule has 1 N–H and O–H groups in total. The molecule has 37 heavy (non-hydrogen) atoms. The van der Waals surface area contributed by atoms with Crippen LogP contribution in [-0.2, 0) is 29.2 Å². The Morgan fingerprint density at radius 3 is 2.16 bits per heavy atom. The average molecular weight is 527 g/mol. The van der Waals surface area contributed by atoms with Crippen molar-refractivity contribution in [3.8, 4) is 0 Å². The Bertz CT molecular complexity index is 1220. The number of ether oxygens (including phenoxy) is 1. The summed E-state index contributed by atoms with van der Waals surface area (Å²) in [5.74, 6) is 0.459. The van der Waals surface area contributed by atoms with Crippen LogP contribution in [0, 0.1) is 13.8 Å². The van der Waals surface area contributed by atoms with E-state index in [2.05, 4.69) is 10.5 Å². The maximum atomic E-state index is 13.2. The van der Waals surface area contributed by atoms with Crippen LogP contribution in [0.25, 0.3) is 0 Å². The van der Waals surface area contributed by atoms with Gasteiger partial charge in [-0.25, -0.2) is 4.79 Å². The molecule has 4 rings (SSSR count). The van der Waals surface area contributed by atoms with E-state index in [0.717, 1.165) is 0 Å². The third-order valence-corrected chi connectivity index (χ3v) is 6.21. The molecule has 2 amide bonds. The summed E-state index contributed by atoms with van der Waals surface area (Å²) in [6, 6.07) is 9.68. The molecule has 6 nitrogen and oxygen atoms in total. The van der Waals surface area contributed by atoms with E-state index < -0.39 is 41.7 Å². The fourth-order valence-electron chi connectivity index (χ4n) is 4.43. The number of aryl methyl sites for hydroxylation is 2. The van der Waals surface area contributed by atoms with Crippen molar-refractivity contribution in [2.75, 3.05) is 18.1 Å². The zero-order chi connectivity index (χ0) is 27.0. The lowest BCUT2D eigenvalue weighted by Crippen LogP contribution is -2.60. The Hall–Kier alpha value is -3.54. The van der Waals surface area contributed by atoms with Gasteiger partial charge in [0.05, 0.1) is 29.9 Å². The number of urea groups is 1. The van der Waals surface area contributed by atoms with Crippen molar-refractivity contribution >= 4 is 11.7 Å². The highest BCUT2D eigenvalue weighted by Gasteiger charge is 2.42. The zero-order valence-electron chi connectivity index (χ0n) is 19.8. The molecule has 12 heteroatoms. The molecule has 0 radical (unpaired) electrons. The first-order valence-corrected chi connectivity index (χ1v) is 11.2. The van der Waals surface area contributed by atoms with Gasteiger partial charge in [-0.3, -0.25) is 4.90 Å². The third kappa shape index (κ3) is 5.58. The highest BCUT2D eigenvalue weighted by Crippen LogP contribution is 2.37. The number of hydrogen-bond acceptors (Lipinski definition) is 4. The van der Waals surface area contributed by atoms with Crippen molar-refractivity contribution in [2.24, 2.45) is 0 Å². The van der Waals surface area contributed by atoms with E-state index in [4.69, 9.17) is 9.26 Å². The molecule has 1 saturated heterocycles. The minimum Gasteiger partial charge on any atom is -0.374 e. The van der Waals surface area contributed by atoms with Gasteiger partial charge in [-0.1, -0.05) is 35.5 Å². The first-order chi connectivity index (χ1) is 17.3. The molecule has 1 unspecified atom stereocenters. The molecular formula is C25H23F6N3O3. The molecule has 2 heterocycles. The van der Waals surface area contributed by atoms with Crippen LogP contribution in [-0.4, -0.2) is 24.3 Å². The number of nitrogens with zero attached hydrogens (tertiary/aromatic N) is 2. The van der Waals surface area contributed by atoms with Crippen LogP contribution < -0.4 is 10.2 Å². The quantitative estimate of drug-likeness (QED) is 0.379. The van der Waals surface area contributed by atoms with Gasteiger partial charge in [0.2, 0.25) is 0 Å². The number of alkyl halides is 6. The molecule has 1 fully saturated rings. The number of carbonyl (C=O) groups is 1. The molecule has 0 bridgehead atoms. The highest BCUT2D eigenvalue weighted by molar-refractivity contribution is 5.94. The second kappa shape index (κ2) is 9.73. The van der Waals surface area contributed by atoms with E-state index >= 15 is 0 Å². The van der Waals surface area contributed by atoms with Crippen molar-refractivity contribution < 1.29 is 40.4 Å². The standard InChI is InChI=1S/C25H23F6N3O3/c1-15-21(16(2)37-33-15)34-9-8-23(32-22(34)35,18-6-4-3-5-7-18)14-36-13-17-10-19(24(26,27)28)12-20(11-17)25(29,30)31/h3-7,10-12H,8-9,13-14H2,1-2H3,(H,32,35). The normalized spacial score (nSPS) is 18.7. The number of rotatable bonds is 6. The second-order valence-electron chi connectivity index (χ2n) is 8.86. The number of carbonyl (C=O) groups excluding carboxylic acids is 1. The monoisotopic (exact) mass is 527 g/mol. The molecule has 0 aliphatic carbocycles. The molecule has 2 aromatic carbocycles. The van der Waals surface area contributed by atoms with E-state index in [1.165, 1.54) is 4.90 Å². The van der Waals surface area contributed by atoms with E-state index in [9.17, 15) is 31.1 Å². The zero-order valence-corrected chi connectivity index (χ0v) is 19.8. The number of amides is 2. The van der Waals surface area contributed by atoms with E-state index in [1.54, 1.807) is 44.2 Å². The molecule has 1 aromatic heterocycles. The first kappa shape index (κ1) is 26.5. The van der Waals surface area contributed by atoms with Crippen LogP contribution in [0.15, 0.2) is 53.1 Å². The smallest absolute Gasteiger partial charge is 0.374 e. The molecule has 1 aliphatic heterocycles. The summed E-state index contributed by atoms with van der Waals surface area (Å²) < 4.78 is 90.1. The SMILES string of the molecule is Cc1noc(C)c1N1CCC(COCc2cc(C(F)(F)F)cc(C(F)(F)F)c2)(c2ccccc2)NC1=O. The predicted molar refractivity (Wildman–Crippen MR) is 121 cm³/mol. The highest BCUT2D eigenvalue weighted by atomic mass is 19.4. The summed E-state index contributed by atoms with van der Waals surface area (Å²) in [6.07, 6.45) is -9.58. The van der Waals surface area contributed by atoms with Crippen LogP contribution >= 0.6 is 0 Å². The van der Waals surface area contributed by atoms with Gasteiger partial charge in [-0.05, 0) is 49.6 Å². The minimum absolute atomic E-state index is 0.0691. The summed E-state index contributed by atoms with van der Waals surface area (Å²) in [7, 11) is 0. The van der Waals surface area contributed by atoms with Crippen LogP contribution in [0.4, 0.5) is 36.8 Å². The fourth-order valence-corrected chi connectivity index (χ4v) is 4.43. The van der Waals surface area contributed by atoms with Crippen molar-refractivity contribution in [1.29, 1.82) is 0 Å². The topological polar surface area (TPSA) is 67.6 Å². The van der Waals surface area contributed by atoms with Gasteiger partial charge < -0.3 is 14.6 Å². The molecule has 0 spiro atoms. The van der Waals surface area contributed by atoms with Crippen LogP contribution in [0.2, 0.25) is 0 Å². The molecule has 1 atom stereocenters. The van der Waals surface area contributed by atoms with Crippen LogP contribution in [0.1, 0.15) is 40.1 Å². The van der Waals surface area contributed by atoms with Gasteiger partial charge >= 0.3 is 18.4 Å². The summed E-state index contributed by atoms with van der Waals surface area (Å²) in [5, 5.41) is 6.80. The van der Waals surface area contributed by atoms with Gasteiger partial charge in [-0.15, -0.1) is 0 Å². The number of benzene rings is 2. The number of aromatic nitrogens is 1. The Morgan fingerprint density at radius 1 is 1.03 bits per heavy atom. The van der Waals surface area contributed by atoms with Gasteiger partial charge in [0.15, 0.2) is 5.76 Å². The summed E-state index contributed by atoms with van der Waals surface area (Å²) in [6.45, 7) is 2.91. The van der Waals surface area contributed by atoms with Crippen molar-refractivity contribution in [3.05, 3.63) is 82.2 Å². The summed E-state index contributed by atoms with van der Waals surface area (Å²) in [5.41, 5.74) is -2.45. The Morgan fingerprint density at radius 2 is 1.65 bits per heavy atom. The molecule has 0 saturated carbocycles. The lowest BCUT2D eigenvalue weighted by molar-refractivity contribution is -0.143. The molecular weight excluding hydrogens is 504 g/mol. The Balaban J connectivity index is 1.58. The van der Waals surface area contributed by atoms with Gasteiger partial charge in [-0.2, -0.15) is 26.3 Å². The average Bonchev–Trinajstić information content (AvgIpc) is 3.16. The van der Waals surface area contributed by atoms with Crippen molar-refractivity contribution in [1.82, 2.24) is 10.5 Å². The Labute approximate surface area is 208 Å². The number of nitrogens with one attached hydrogen (secondary N) is 1. The lowest BCUT2D eigenvalue weighted by Gasteiger charge is -2.42. The van der Waals surface area contributed by atoms with E-state index in [1.807, 2.05) is 0 Å². The maximum Gasteiger partial charge on any atom is 0.416 e. The van der Waals surface area contributed by atoms with Gasteiger partial charge in [0, 0.05) is 6.54 Å². The van der Waals surface area contributed by atoms with Gasteiger partial charge in [0.1, 0.15) is 11.4 Å². The fraction of sp³-hybridized carbons (Fsp3) is 0.360. The van der Waals surface area contributed by atoms with Gasteiger partial charge in [0.25, 0.3) is 0 Å². The lowest BCUT2D eigenvalue weighted by atomic mass is 9.85. The summed E-state index contributed by atoms with van der Waals surface area (Å²) in [4.78, 5) is 14.6. The van der Waals surface area contributed by atoms with E-state index in [-0.39, 0.29) is 24.8 Å². The number of hydrogen-bond donors (Lipinski definition) is 1. The number of halogens is 6. The van der Waals surface area contributed by atoms with Crippen LogP contribution in [0.5, 0.6) is 0 Å². The second-order valence-corrected chi connectivity index (χ2v) is 8.86. The van der Waals surface area contributed by atoms with Crippen molar-refractivity contribution in [2.45, 2.75) is 44.8 Å². The molecule has 198 valence electrons. The van der Waals surface area contributed by atoms with Crippen molar-refractivity contribution in [3.63, 3.8) is 0 Å². The minimum atomic E-state index is -4.96. The van der Waals surface area contributed by atoms with E-state index in [0.29, 0.717) is 41.3 Å². The third-order valence-electron chi connectivity index (χ3n) is 6.21. The molecule has 3 aromatic rings. The predicted octanol–water partition coefficient (Wildman–Crippen LogP) is 6.36. The molecule has 1 aliphatic rings. The Kier molecular flexibility index (Phi) is 6.97. The summed E-state index contributed by atoms with van der Waals surface area (Å²) >= 11 is 0. The van der Waals surface area contributed by atoms with Crippen LogP contribution in [0.3, 0.4) is 0 Å². The first-order valence-electron chi connectivity index (χ1n) is 11.2. The maximum absolute atomic E-state index is 13.2. The largest absolute Gasteiger partial charge is 0.416 e.